The van der Waals surface area contributed by atoms with Crippen LogP contribution in [0.5, 0.6) is 0 Å². The zero-order valence-electron chi connectivity index (χ0n) is 7.65. The zero-order chi connectivity index (χ0) is 10.6. The van der Waals surface area contributed by atoms with Gasteiger partial charge in [-0.1, -0.05) is 23.2 Å². The molecule has 0 radical (unpaired) electrons. The van der Waals surface area contributed by atoms with Crippen molar-refractivity contribution in [2.24, 2.45) is 0 Å². The van der Waals surface area contributed by atoms with Crippen LogP contribution in [0.3, 0.4) is 0 Å². The highest BCUT2D eigenvalue weighted by atomic mass is 35.5. The van der Waals surface area contributed by atoms with E-state index in [-0.39, 0.29) is 5.02 Å². The molecule has 0 bridgehead atoms. The Labute approximate surface area is 92.5 Å². The van der Waals surface area contributed by atoms with E-state index in [2.05, 4.69) is 5.32 Å². The third-order valence-corrected chi connectivity index (χ3v) is 2.36. The summed E-state index contributed by atoms with van der Waals surface area (Å²) in [6.07, 6.45) is 0. The maximum Gasteiger partial charge on any atom is 0.143 e. The van der Waals surface area contributed by atoms with E-state index >= 15 is 0 Å². The fraction of sp³-hybridized carbons (Fsp3) is 0.200. The van der Waals surface area contributed by atoms with Gasteiger partial charge in [-0.15, -0.1) is 0 Å². The number of benzene rings is 1. The molecule has 0 unspecified atom stereocenters. The molecule has 0 amide bonds. The Hall–Kier alpha value is -0.730. The van der Waals surface area contributed by atoms with Gasteiger partial charge in [-0.3, -0.25) is 0 Å². The lowest BCUT2D eigenvalue weighted by Gasteiger charge is -2.06. The fourth-order valence-electron chi connectivity index (χ4n) is 0.886. The Kier molecular flexibility index (Phi) is 4.23. The molecule has 0 spiro atoms. The van der Waals surface area contributed by atoms with Gasteiger partial charge in [-0.25, -0.2) is 4.39 Å². The lowest BCUT2D eigenvalue weighted by atomic mass is 10.3. The van der Waals surface area contributed by atoms with Crippen LogP contribution >= 0.6 is 23.2 Å². The molecule has 1 aromatic rings. The minimum Gasteiger partial charge on any atom is -0.381 e. The highest BCUT2D eigenvalue weighted by Crippen LogP contribution is 2.18. The van der Waals surface area contributed by atoms with Crippen LogP contribution in [0.1, 0.15) is 6.92 Å². The second kappa shape index (κ2) is 5.23. The largest absolute Gasteiger partial charge is 0.381 e. The lowest BCUT2D eigenvalue weighted by Crippen LogP contribution is -2.02. The lowest BCUT2D eigenvalue weighted by molar-refractivity contribution is 0.628. The minimum atomic E-state index is -0.427. The number of anilines is 1. The summed E-state index contributed by atoms with van der Waals surface area (Å²) >= 11 is 11.0. The predicted octanol–water partition coefficient (Wildman–Crippen LogP) is 4.03. The Morgan fingerprint density at radius 3 is 2.86 bits per heavy atom. The minimum absolute atomic E-state index is 0.125. The molecule has 0 saturated carbocycles. The molecule has 0 aromatic heterocycles. The van der Waals surface area contributed by atoms with Crippen LogP contribution in [0.2, 0.25) is 5.02 Å². The molecule has 1 N–H and O–H groups in total. The average molecular weight is 234 g/mol. The molecule has 1 rings (SSSR count). The molecular weight excluding hydrogens is 224 g/mol. The summed E-state index contributed by atoms with van der Waals surface area (Å²) in [4.78, 5) is 0. The summed E-state index contributed by atoms with van der Waals surface area (Å²) in [6.45, 7) is 2.47. The van der Waals surface area contributed by atoms with E-state index in [1.165, 1.54) is 17.7 Å². The molecule has 0 aliphatic heterocycles. The van der Waals surface area contributed by atoms with E-state index in [0.717, 1.165) is 5.57 Å². The second-order valence-electron chi connectivity index (χ2n) is 2.94. The van der Waals surface area contributed by atoms with Gasteiger partial charge in [0.15, 0.2) is 0 Å². The fourth-order valence-corrected chi connectivity index (χ4v) is 1.08. The van der Waals surface area contributed by atoms with Crippen molar-refractivity contribution < 1.29 is 4.39 Å². The van der Waals surface area contributed by atoms with Crippen molar-refractivity contribution in [3.8, 4) is 0 Å². The van der Waals surface area contributed by atoms with Gasteiger partial charge >= 0.3 is 0 Å². The third kappa shape index (κ3) is 3.20. The van der Waals surface area contributed by atoms with Gasteiger partial charge in [0.25, 0.3) is 0 Å². The van der Waals surface area contributed by atoms with Crippen LogP contribution < -0.4 is 5.32 Å². The molecule has 0 fully saturated rings. The first-order chi connectivity index (χ1) is 6.63. The predicted molar refractivity (Wildman–Crippen MR) is 59.5 cm³/mol. The van der Waals surface area contributed by atoms with Crippen molar-refractivity contribution in [3.05, 3.63) is 40.1 Å². The van der Waals surface area contributed by atoms with Crippen LogP contribution in [-0.2, 0) is 0 Å². The van der Waals surface area contributed by atoms with Gasteiger partial charge in [0, 0.05) is 17.8 Å². The first-order valence-electron chi connectivity index (χ1n) is 4.08. The highest BCUT2D eigenvalue weighted by Gasteiger charge is 2.00. The Balaban J connectivity index is 2.64. The van der Waals surface area contributed by atoms with E-state index in [9.17, 15) is 4.39 Å². The van der Waals surface area contributed by atoms with Crippen LogP contribution in [-0.4, -0.2) is 6.54 Å². The molecule has 0 atom stereocenters. The quantitative estimate of drug-likeness (QED) is 0.832. The van der Waals surface area contributed by atoms with Gasteiger partial charge < -0.3 is 5.32 Å². The Morgan fingerprint density at radius 2 is 2.29 bits per heavy atom. The van der Waals surface area contributed by atoms with Crippen LogP contribution in [0.25, 0.3) is 0 Å². The van der Waals surface area contributed by atoms with Crippen LogP contribution in [0.15, 0.2) is 29.3 Å². The summed E-state index contributed by atoms with van der Waals surface area (Å²) in [5.74, 6) is -0.427. The van der Waals surface area contributed by atoms with Crippen molar-refractivity contribution >= 4 is 28.9 Å². The first kappa shape index (κ1) is 11.3. The maximum atomic E-state index is 13.0. The smallest absolute Gasteiger partial charge is 0.143 e. The topological polar surface area (TPSA) is 12.0 Å². The van der Waals surface area contributed by atoms with Crippen molar-refractivity contribution in [1.82, 2.24) is 0 Å². The summed E-state index contributed by atoms with van der Waals surface area (Å²) in [5.41, 5.74) is 3.14. The van der Waals surface area contributed by atoms with Crippen molar-refractivity contribution in [3.63, 3.8) is 0 Å². The van der Waals surface area contributed by atoms with Crippen molar-refractivity contribution in [1.29, 1.82) is 0 Å². The van der Waals surface area contributed by atoms with Gasteiger partial charge in [0.1, 0.15) is 5.82 Å². The summed E-state index contributed by atoms with van der Waals surface area (Å²) in [5, 5.41) is 3.14. The average Bonchev–Trinajstić information content (AvgIpc) is 2.19. The van der Waals surface area contributed by atoms with E-state index < -0.39 is 5.82 Å². The Morgan fingerprint density at radius 1 is 1.57 bits per heavy atom. The Bertz CT molecular complexity index is 350. The second-order valence-corrected chi connectivity index (χ2v) is 3.56. The third-order valence-electron chi connectivity index (χ3n) is 1.68. The SMILES string of the molecule is C/C(=C/Cl)CNc1ccc(Cl)c(F)c1. The molecule has 0 saturated heterocycles. The van der Waals surface area contributed by atoms with E-state index in [1.807, 2.05) is 6.92 Å². The number of hydrogen-bond donors (Lipinski definition) is 1. The standard InChI is InChI=1S/C10H10Cl2FN/c1-7(5-11)6-14-8-2-3-9(12)10(13)4-8/h2-5,14H,6H2,1H3/b7-5-. The maximum absolute atomic E-state index is 13.0. The van der Waals surface area contributed by atoms with Crippen molar-refractivity contribution in [2.45, 2.75) is 6.92 Å². The number of nitrogens with one attached hydrogen (secondary N) is 1. The molecule has 4 heteroatoms. The number of halogens is 3. The normalized spacial score (nSPS) is 11.6. The zero-order valence-corrected chi connectivity index (χ0v) is 9.16. The van der Waals surface area contributed by atoms with Crippen molar-refractivity contribution in [2.75, 3.05) is 11.9 Å². The number of rotatable bonds is 3. The molecule has 1 aromatic carbocycles. The molecule has 14 heavy (non-hydrogen) atoms. The van der Waals surface area contributed by atoms with Gasteiger partial charge in [-0.2, -0.15) is 0 Å². The van der Waals surface area contributed by atoms with Gasteiger partial charge in [-0.05, 0) is 30.7 Å². The highest BCUT2D eigenvalue weighted by molar-refractivity contribution is 6.30. The van der Waals surface area contributed by atoms with E-state index in [4.69, 9.17) is 23.2 Å². The van der Waals surface area contributed by atoms with Gasteiger partial charge in [0.2, 0.25) is 0 Å². The molecule has 1 nitrogen and oxygen atoms in total. The molecule has 0 aliphatic rings. The molecule has 76 valence electrons. The van der Waals surface area contributed by atoms with Gasteiger partial charge in [0.05, 0.1) is 5.02 Å². The van der Waals surface area contributed by atoms with E-state index in [0.29, 0.717) is 12.2 Å². The molecule has 0 aliphatic carbocycles. The summed E-state index contributed by atoms with van der Waals surface area (Å²) in [7, 11) is 0. The van der Waals surface area contributed by atoms with E-state index in [1.54, 1.807) is 6.07 Å². The van der Waals surface area contributed by atoms with Crippen LogP contribution in [0, 0.1) is 5.82 Å². The summed E-state index contributed by atoms with van der Waals surface area (Å²) in [6, 6.07) is 4.58. The summed E-state index contributed by atoms with van der Waals surface area (Å²) < 4.78 is 13.0. The van der Waals surface area contributed by atoms with Crippen LogP contribution in [0.4, 0.5) is 10.1 Å². The monoisotopic (exact) mass is 233 g/mol. The molecular formula is C10H10Cl2FN. The first-order valence-corrected chi connectivity index (χ1v) is 4.89. The number of hydrogen-bond acceptors (Lipinski definition) is 1. The molecule has 0 heterocycles.